The van der Waals surface area contributed by atoms with Crippen molar-refractivity contribution in [3.8, 4) is 0 Å². The minimum atomic E-state index is -2.79. The fourth-order valence-electron chi connectivity index (χ4n) is 0.790. The average Bonchev–Trinajstić information content (AvgIpc) is 2.02. The molecule has 0 saturated carbocycles. The van der Waals surface area contributed by atoms with E-state index in [0.717, 1.165) is 6.20 Å². The number of nitrogens with zero attached hydrogens (tertiary/aromatic N) is 2. The summed E-state index contributed by atoms with van der Waals surface area (Å²) in [6.45, 7) is 0. The Hall–Kier alpha value is -0.130. The van der Waals surface area contributed by atoms with E-state index in [1.165, 1.54) is 22.6 Å². The van der Waals surface area contributed by atoms with Crippen LogP contribution in [-0.2, 0) is 0 Å². The second-order valence-electron chi connectivity index (χ2n) is 2.21. The molecule has 0 aliphatic heterocycles. The maximum atomic E-state index is 12.3. The monoisotopic (exact) mass is 426 g/mol. The Kier molecular flexibility index (Phi) is 3.92. The van der Waals surface area contributed by atoms with Gasteiger partial charge in [-0.3, -0.25) is 15.1 Å². The van der Waals surface area contributed by atoms with Crippen LogP contribution >= 0.6 is 45.2 Å². The average molecular weight is 426 g/mol. The smallest absolute Gasteiger partial charge is 0.258 e. The summed E-state index contributed by atoms with van der Waals surface area (Å²) >= 11 is 3.20. The van der Waals surface area contributed by atoms with E-state index in [-0.39, 0.29) is 12.8 Å². The molecule has 0 aliphatic carbocycles. The van der Waals surface area contributed by atoms with Crippen molar-refractivity contribution in [2.75, 3.05) is 0 Å². The third kappa shape index (κ3) is 2.27. The van der Waals surface area contributed by atoms with Crippen molar-refractivity contribution in [2.45, 2.75) is 6.43 Å². The highest BCUT2D eigenvalue weighted by molar-refractivity contribution is 14.1. The highest BCUT2D eigenvalue weighted by atomic mass is 127. The van der Waals surface area contributed by atoms with E-state index in [1.54, 1.807) is 22.6 Å². The predicted molar refractivity (Wildman–Crippen MR) is 61.3 cm³/mol. The number of alkyl halides is 2. The lowest BCUT2D eigenvalue weighted by atomic mass is 10.3. The summed E-state index contributed by atoms with van der Waals surface area (Å²) in [5, 5.41) is 10.5. The van der Waals surface area contributed by atoms with Gasteiger partial charge in [0.15, 0.2) is 0 Å². The lowest BCUT2D eigenvalue weighted by molar-refractivity contribution is -0.387. The van der Waals surface area contributed by atoms with Crippen molar-refractivity contribution in [3.05, 3.63) is 29.1 Å². The Labute approximate surface area is 105 Å². The van der Waals surface area contributed by atoms with E-state index in [1.807, 2.05) is 0 Å². The molecule has 0 bridgehead atoms. The van der Waals surface area contributed by atoms with Gasteiger partial charge in [-0.15, -0.1) is 0 Å². The first-order valence-electron chi connectivity index (χ1n) is 3.21. The van der Waals surface area contributed by atoms with Crippen LogP contribution in [0.2, 0.25) is 0 Å². The molecule has 0 aromatic carbocycles. The van der Waals surface area contributed by atoms with Crippen LogP contribution in [-0.4, -0.2) is 9.91 Å². The Balaban J connectivity index is 3.41. The second kappa shape index (κ2) is 4.59. The molecule has 0 spiro atoms. The van der Waals surface area contributed by atoms with Crippen LogP contribution in [0.3, 0.4) is 0 Å². The maximum absolute atomic E-state index is 12.3. The molecule has 1 rings (SSSR count). The molecule has 0 fully saturated rings. The van der Waals surface area contributed by atoms with Crippen LogP contribution in [0.5, 0.6) is 0 Å². The van der Waals surface area contributed by atoms with Gasteiger partial charge in [-0.2, -0.15) is 0 Å². The number of halogens is 4. The van der Waals surface area contributed by atoms with Crippen LogP contribution < -0.4 is 0 Å². The molecule has 0 atom stereocenters. The Morgan fingerprint density at radius 3 is 2.50 bits per heavy atom. The van der Waals surface area contributed by atoms with Gasteiger partial charge < -0.3 is 0 Å². The zero-order chi connectivity index (χ0) is 10.9. The second-order valence-corrected chi connectivity index (χ2v) is 4.45. The maximum Gasteiger partial charge on any atom is 0.299 e. The molecule has 76 valence electrons. The fourth-order valence-corrected chi connectivity index (χ4v) is 2.77. The van der Waals surface area contributed by atoms with Gasteiger partial charge in [0.1, 0.15) is 12.8 Å². The molecule has 0 unspecified atom stereocenters. The van der Waals surface area contributed by atoms with E-state index in [9.17, 15) is 18.9 Å². The third-order valence-electron chi connectivity index (χ3n) is 1.37. The molecule has 0 N–H and O–H groups in total. The third-order valence-corrected chi connectivity index (χ3v) is 3.22. The van der Waals surface area contributed by atoms with Crippen LogP contribution in [0, 0.1) is 17.3 Å². The lowest BCUT2D eigenvalue weighted by Gasteiger charge is -2.03. The SMILES string of the molecule is O=[N+]([O-])c1c(I)cnc(C(F)F)c1I. The number of hydrogen-bond donors (Lipinski definition) is 0. The number of hydrogen-bond acceptors (Lipinski definition) is 3. The summed E-state index contributed by atoms with van der Waals surface area (Å²) in [6.07, 6.45) is -1.72. The van der Waals surface area contributed by atoms with Crippen molar-refractivity contribution in [2.24, 2.45) is 0 Å². The summed E-state index contributed by atoms with van der Waals surface area (Å²) in [5.41, 5.74) is -0.853. The number of pyridine rings is 1. The first-order valence-corrected chi connectivity index (χ1v) is 5.37. The van der Waals surface area contributed by atoms with Gasteiger partial charge in [0.2, 0.25) is 0 Å². The molecule has 0 saturated heterocycles. The van der Waals surface area contributed by atoms with Crippen molar-refractivity contribution < 1.29 is 13.7 Å². The van der Waals surface area contributed by atoms with E-state index in [0.29, 0.717) is 0 Å². The van der Waals surface area contributed by atoms with Gasteiger partial charge in [-0.25, -0.2) is 8.78 Å². The molecule has 0 aliphatic rings. The Morgan fingerprint density at radius 1 is 1.50 bits per heavy atom. The number of aromatic nitrogens is 1. The van der Waals surface area contributed by atoms with Crippen molar-refractivity contribution in [3.63, 3.8) is 0 Å². The standard InChI is InChI=1S/C6H2F2I2N2O2/c7-6(8)4-3(10)5(12(13)14)2(9)1-11-4/h1,6H. The van der Waals surface area contributed by atoms with E-state index in [4.69, 9.17) is 0 Å². The van der Waals surface area contributed by atoms with Gasteiger partial charge in [-0.1, -0.05) is 0 Å². The summed E-state index contributed by atoms with van der Waals surface area (Å²) in [5.74, 6) is 0. The van der Waals surface area contributed by atoms with E-state index >= 15 is 0 Å². The molecule has 14 heavy (non-hydrogen) atoms. The number of nitro groups is 1. The molecule has 1 aromatic rings. The predicted octanol–water partition coefficient (Wildman–Crippen LogP) is 3.14. The molecule has 1 heterocycles. The molecular formula is C6H2F2I2N2O2. The van der Waals surface area contributed by atoms with Gasteiger partial charge in [0.25, 0.3) is 12.1 Å². The summed E-state index contributed by atoms with van der Waals surface area (Å²) in [4.78, 5) is 13.3. The van der Waals surface area contributed by atoms with Crippen LogP contribution in [0.4, 0.5) is 14.5 Å². The highest BCUT2D eigenvalue weighted by Crippen LogP contribution is 2.32. The van der Waals surface area contributed by atoms with Gasteiger partial charge in [0.05, 0.1) is 4.92 Å². The fraction of sp³-hybridized carbons (Fsp3) is 0.167. The van der Waals surface area contributed by atoms with Crippen LogP contribution in [0.15, 0.2) is 6.20 Å². The van der Waals surface area contributed by atoms with Crippen molar-refractivity contribution >= 4 is 50.9 Å². The minimum absolute atomic E-state index is 0.102. The Bertz CT molecular complexity index is 386. The van der Waals surface area contributed by atoms with Gasteiger partial charge in [-0.05, 0) is 45.2 Å². The number of rotatable bonds is 2. The summed E-state index contributed by atoms with van der Waals surface area (Å²) < 4.78 is 24.8. The quantitative estimate of drug-likeness (QED) is 0.415. The lowest BCUT2D eigenvalue weighted by Crippen LogP contribution is -2.02. The topological polar surface area (TPSA) is 56.0 Å². The first-order chi connectivity index (χ1) is 6.45. The van der Waals surface area contributed by atoms with Crippen LogP contribution in [0.25, 0.3) is 0 Å². The highest BCUT2D eigenvalue weighted by Gasteiger charge is 2.25. The van der Waals surface area contributed by atoms with Gasteiger partial charge in [0, 0.05) is 6.20 Å². The summed E-state index contributed by atoms with van der Waals surface area (Å²) in [7, 11) is 0. The van der Waals surface area contributed by atoms with Crippen molar-refractivity contribution in [1.29, 1.82) is 0 Å². The van der Waals surface area contributed by atoms with Gasteiger partial charge >= 0.3 is 0 Å². The van der Waals surface area contributed by atoms with Crippen molar-refractivity contribution in [1.82, 2.24) is 4.98 Å². The minimum Gasteiger partial charge on any atom is -0.258 e. The normalized spacial score (nSPS) is 10.6. The van der Waals surface area contributed by atoms with Crippen LogP contribution in [0.1, 0.15) is 12.1 Å². The largest absolute Gasteiger partial charge is 0.299 e. The molecule has 1 aromatic heterocycles. The molecule has 0 amide bonds. The molecule has 0 radical (unpaired) electrons. The molecular weight excluding hydrogens is 424 g/mol. The first kappa shape index (κ1) is 11.9. The zero-order valence-corrected chi connectivity index (χ0v) is 10.7. The van der Waals surface area contributed by atoms with E-state index < -0.39 is 17.0 Å². The van der Waals surface area contributed by atoms with E-state index in [2.05, 4.69) is 4.98 Å². The molecule has 4 nitrogen and oxygen atoms in total. The Morgan fingerprint density at radius 2 is 2.07 bits per heavy atom. The summed E-state index contributed by atoms with van der Waals surface area (Å²) in [6, 6.07) is 0. The zero-order valence-electron chi connectivity index (χ0n) is 6.38. The molecule has 8 heteroatoms.